The van der Waals surface area contributed by atoms with E-state index in [1.807, 2.05) is 61.5 Å². The number of aromatic nitrogens is 3. The number of amides is 2. The second kappa shape index (κ2) is 14.3. The van der Waals surface area contributed by atoms with E-state index in [4.69, 9.17) is 18.9 Å². The molecule has 0 fully saturated rings. The number of methoxy groups -OCH3 is 3. The molecule has 0 spiro atoms. The summed E-state index contributed by atoms with van der Waals surface area (Å²) in [5.41, 5.74) is 3.17. The normalized spacial score (nSPS) is 11.5. The monoisotopic (exact) mass is 609 g/mol. The van der Waals surface area contributed by atoms with E-state index in [1.165, 1.54) is 30.9 Å². The van der Waals surface area contributed by atoms with Crippen LogP contribution < -0.4 is 29.2 Å². The molecule has 0 aliphatic rings. The number of hydrogen-bond donors (Lipinski definition) is 1. The molecule has 0 saturated heterocycles. The first-order valence-electron chi connectivity index (χ1n) is 14.4. The zero-order valence-electron chi connectivity index (χ0n) is 25.6. The van der Waals surface area contributed by atoms with Crippen LogP contribution in [0.15, 0.2) is 91.0 Å². The highest BCUT2D eigenvalue weighted by atomic mass is 16.5. The number of hydrogen-bond acceptors (Lipinski definition) is 8. The summed E-state index contributed by atoms with van der Waals surface area (Å²) in [5.74, 6) is 0.861. The van der Waals surface area contributed by atoms with E-state index < -0.39 is 17.9 Å². The van der Waals surface area contributed by atoms with Gasteiger partial charge in [-0.25, -0.2) is 4.68 Å². The van der Waals surface area contributed by atoms with Gasteiger partial charge < -0.3 is 24.3 Å². The van der Waals surface area contributed by atoms with E-state index in [0.29, 0.717) is 51.9 Å². The summed E-state index contributed by atoms with van der Waals surface area (Å²) >= 11 is 0. The lowest BCUT2D eigenvalue weighted by Crippen LogP contribution is -2.45. The Morgan fingerprint density at radius 1 is 0.867 bits per heavy atom. The molecule has 0 saturated carbocycles. The Morgan fingerprint density at radius 3 is 2.18 bits per heavy atom. The van der Waals surface area contributed by atoms with Crippen molar-refractivity contribution in [1.82, 2.24) is 20.3 Å². The van der Waals surface area contributed by atoms with Gasteiger partial charge in [0.05, 0.1) is 33.5 Å². The zero-order valence-corrected chi connectivity index (χ0v) is 25.6. The van der Waals surface area contributed by atoms with Gasteiger partial charge in [-0.2, -0.15) is 0 Å². The van der Waals surface area contributed by atoms with Gasteiger partial charge in [-0.05, 0) is 66.6 Å². The molecule has 0 unspecified atom stereocenters. The van der Waals surface area contributed by atoms with Crippen LogP contribution >= 0.6 is 0 Å². The molecule has 4 aromatic carbocycles. The topological polar surface area (TPSA) is 117 Å². The highest BCUT2D eigenvalue weighted by Crippen LogP contribution is 2.42. The number of fused-ring (bicyclic) bond motifs is 1. The molecule has 11 heteroatoms. The third-order valence-corrected chi connectivity index (χ3v) is 7.22. The minimum absolute atomic E-state index is 0.180. The van der Waals surface area contributed by atoms with Crippen molar-refractivity contribution in [1.29, 1.82) is 0 Å². The number of rotatable bonds is 13. The van der Waals surface area contributed by atoms with Gasteiger partial charge in [-0.1, -0.05) is 47.7 Å². The molecule has 45 heavy (non-hydrogen) atoms. The maximum absolute atomic E-state index is 14.4. The predicted molar refractivity (Wildman–Crippen MR) is 170 cm³/mol. The van der Waals surface area contributed by atoms with Crippen molar-refractivity contribution in [3.8, 4) is 23.0 Å². The number of anilines is 1. The quantitative estimate of drug-likeness (QED) is 0.199. The molecule has 0 bridgehead atoms. The number of carbonyl (C=O) groups is 2. The number of ether oxygens (including phenoxy) is 4. The van der Waals surface area contributed by atoms with E-state index in [1.54, 1.807) is 36.4 Å². The summed E-state index contributed by atoms with van der Waals surface area (Å²) in [6, 6.07) is 26.1. The van der Waals surface area contributed by atoms with Crippen LogP contribution in [0.2, 0.25) is 0 Å². The molecule has 5 rings (SSSR count). The Morgan fingerprint density at radius 2 is 1.53 bits per heavy atom. The largest absolute Gasteiger partial charge is 0.494 e. The summed E-state index contributed by atoms with van der Waals surface area (Å²) in [7, 11) is 4.50. The van der Waals surface area contributed by atoms with Crippen LogP contribution in [0.5, 0.6) is 23.0 Å². The van der Waals surface area contributed by atoms with E-state index in [2.05, 4.69) is 15.6 Å². The van der Waals surface area contributed by atoms with Crippen LogP contribution in [0.4, 0.5) is 5.69 Å². The van der Waals surface area contributed by atoms with Crippen LogP contribution in [-0.2, 0) is 22.7 Å². The number of nitrogens with one attached hydrogen (secondary N) is 1. The highest BCUT2D eigenvalue weighted by molar-refractivity contribution is 6.01. The first-order valence-corrected chi connectivity index (χ1v) is 14.4. The Hall–Kier alpha value is -5.58. The van der Waals surface area contributed by atoms with Gasteiger partial charge in [0.1, 0.15) is 23.9 Å². The van der Waals surface area contributed by atoms with Crippen molar-refractivity contribution in [2.24, 2.45) is 0 Å². The number of nitrogens with zero attached hydrogens (tertiary/aromatic N) is 4. The second-order valence-electron chi connectivity index (χ2n) is 9.99. The average molecular weight is 610 g/mol. The smallest absolute Gasteiger partial charge is 0.249 e. The van der Waals surface area contributed by atoms with E-state index >= 15 is 0 Å². The molecule has 0 aliphatic heterocycles. The van der Waals surface area contributed by atoms with Gasteiger partial charge in [0, 0.05) is 12.2 Å². The molecule has 1 atom stereocenters. The number of benzene rings is 4. The Balaban J connectivity index is 1.64. The molecular formula is C34H35N5O6. The SMILES string of the molecule is CCOc1ccc(N(C(=O)Cn2nnc3ccccc32)[C@H](C(=O)NCc2ccccc2)c2cc(OC)c(OC)c(OC)c2)cc1. The fraction of sp³-hybridized carbons (Fsp3) is 0.235. The van der Waals surface area contributed by atoms with Crippen LogP contribution in [0.1, 0.15) is 24.1 Å². The minimum Gasteiger partial charge on any atom is -0.494 e. The summed E-state index contributed by atoms with van der Waals surface area (Å²) < 4.78 is 23.9. The van der Waals surface area contributed by atoms with Crippen molar-refractivity contribution in [2.75, 3.05) is 32.8 Å². The number of para-hydroxylation sites is 1. The summed E-state index contributed by atoms with van der Waals surface area (Å²) in [6.07, 6.45) is 0. The molecule has 0 aliphatic carbocycles. The third-order valence-electron chi connectivity index (χ3n) is 7.22. The number of carbonyl (C=O) groups excluding carboxylic acids is 2. The predicted octanol–water partition coefficient (Wildman–Crippen LogP) is 4.95. The summed E-state index contributed by atoms with van der Waals surface area (Å²) in [4.78, 5) is 30.2. The summed E-state index contributed by atoms with van der Waals surface area (Å²) in [5, 5.41) is 11.4. The van der Waals surface area contributed by atoms with Gasteiger partial charge in [-0.3, -0.25) is 14.5 Å². The Bertz CT molecular complexity index is 1730. The van der Waals surface area contributed by atoms with Gasteiger partial charge in [-0.15, -0.1) is 5.10 Å². The van der Waals surface area contributed by atoms with Crippen molar-refractivity contribution >= 4 is 28.5 Å². The van der Waals surface area contributed by atoms with Crippen LogP contribution in [-0.4, -0.2) is 54.7 Å². The van der Waals surface area contributed by atoms with Gasteiger partial charge >= 0.3 is 0 Å². The fourth-order valence-corrected chi connectivity index (χ4v) is 5.10. The molecule has 1 heterocycles. The molecule has 0 radical (unpaired) electrons. The minimum atomic E-state index is -1.15. The van der Waals surface area contributed by atoms with E-state index in [-0.39, 0.29) is 13.1 Å². The Labute approximate surface area is 261 Å². The molecule has 2 amide bonds. The van der Waals surface area contributed by atoms with Crippen LogP contribution in [0, 0.1) is 0 Å². The second-order valence-corrected chi connectivity index (χ2v) is 9.99. The summed E-state index contributed by atoms with van der Waals surface area (Å²) in [6.45, 7) is 2.45. The van der Waals surface area contributed by atoms with Crippen LogP contribution in [0.25, 0.3) is 11.0 Å². The first-order chi connectivity index (χ1) is 22.0. The van der Waals surface area contributed by atoms with Crippen LogP contribution in [0.3, 0.4) is 0 Å². The van der Waals surface area contributed by atoms with Gasteiger partial charge in [0.25, 0.3) is 0 Å². The molecule has 5 aromatic rings. The van der Waals surface area contributed by atoms with Crippen molar-refractivity contribution in [3.63, 3.8) is 0 Å². The zero-order chi connectivity index (χ0) is 31.8. The Kier molecular flexibility index (Phi) is 9.78. The maximum atomic E-state index is 14.4. The highest BCUT2D eigenvalue weighted by Gasteiger charge is 2.35. The molecule has 11 nitrogen and oxygen atoms in total. The lowest BCUT2D eigenvalue weighted by Gasteiger charge is -2.32. The standard InChI is InChI=1S/C34H35N5O6/c1-5-45-26-17-15-25(16-18-26)39(31(40)22-38-28-14-10-9-13-27(28)36-37-38)32(34(41)35-21-23-11-7-6-8-12-23)24-19-29(42-2)33(44-4)30(20-24)43-3/h6-20,32H,5,21-22H2,1-4H3,(H,35,41)/t32-/m0/s1. The lowest BCUT2D eigenvalue weighted by atomic mass is 10.0. The van der Waals surface area contributed by atoms with Crippen molar-refractivity contribution < 1.29 is 28.5 Å². The fourth-order valence-electron chi connectivity index (χ4n) is 5.10. The van der Waals surface area contributed by atoms with Gasteiger partial charge in [0.2, 0.25) is 17.6 Å². The molecule has 232 valence electrons. The maximum Gasteiger partial charge on any atom is 0.249 e. The van der Waals surface area contributed by atoms with Crippen molar-refractivity contribution in [2.45, 2.75) is 26.1 Å². The molecular weight excluding hydrogens is 574 g/mol. The van der Waals surface area contributed by atoms with Gasteiger partial charge in [0.15, 0.2) is 11.5 Å². The first kappa shape index (κ1) is 30.9. The van der Waals surface area contributed by atoms with Crippen molar-refractivity contribution in [3.05, 3.63) is 102 Å². The lowest BCUT2D eigenvalue weighted by molar-refractivity contribution is -0.127. The molecule has 1 N–H and O–H groups in total. The van der Waals surface area contributed by atoms with E-state index in [0.717, 1.165) is 5.56 Å². The average Bonchev–Trinajstić information content (AvgIpc) is 3.48. The molecule has 1 aromatic heterocycles. The van der Waals surface area contributed by atoms with E-state index in [9.17, 15) is 9.59 Å². The third kappa shape index (κ3) is 6.82.